The fourth-order valence-corrected chi connectivity index (χ4v) is 6.30. The summed E-state index contributed by atoms with van der Waals surface area (Å²) in [5.74, 6) is -2.69. The molecule has 0 amide bonds. The van der Waals surface area contributed by atoms with E-state index in [1.807, 2.05) is 0 Å². The number of halogens is 2. The number of hydrogen-bond donors (Lipinski definition) is 4. The molecular weight excluding hydrogens is 440 g/mol. The minimum absolute atomic E-state index is 0.0267. The molecule has 3 atom stereocenters. The van der Waals surface area contributed by atoms with Crippen LogP contribution in [0.5, 0.6) is 0 Å². The molecule has 3 heterocycles. The van der Waals surface area contributed by atoms with E-state index in [1.54, 1.807) is 16.8 Å². The van der Waals surface area contributed by atoms with E-state index < -0.39 is 28.9 Å². The van der Waals surface area contributed by atoms with Crippen LogP contribution in [0.1, 0.15) is 32.6 Å². The van der Waals surface area contributed by atoms with Gasteiger partial charge in [-0.05, 0) is 24.8 Å². The standard InChI is InChI=1S/C20H29F2N7O2S/c1-2-13-9-14(25-6-8-32(30,31)28-7-4-20(21,22)12-28)10-15(13)18(24)29-16-3-5-26-19(16)27-11-17(29)23/h3,5,11,13-15,23-26H,2,4,6-10,12H2,1H3/t13-,14+,15+/m1/s1. The summed E-state index contributed by atoms with van der Waals surface area (Å²) >= 11 is 0. The van der Waals surface area contributed by atoms with E-state index in [4.69, 9.17) is 10.8 Å². The van der Waals surface area contributed by atoms with Crippen LogP contribution in [0.4, 0.5) is 8.78 Å². The number of aromatic nitrogens is 3. The number of nitrogens with one attached hydrogen (secondary N) is 4. The van der Waals surface area contributed by atoms with Gasteiger partial charge < -0.3 is 10.3 Å². The molecule has 1 aliphatic heterocycles. The highest BCUT2D eigenvalue weighted by molar-refractivity contribution is 7.89. The maximum absolute atomic E-state index is 13.4. The lowest BCUT2D eigenvalue weighted by Crippen LogP contribution is -2.38. The molecule has 0 spiro atoms. The van der Waals surface area contributed by atoms with Crippen LogP contribution < -0.4 is 10.8 Å². The highest BCUT2D eigenvalue weighted by Crippen LogP contribution is 2.36. The lowest BCUT2D eigenvalue weighted by molar-refractivity contribution is 0.0183. The molecule has 2 aliphatic rings. The summed E-state index contributed by atoms with van der Waals surface area (Å²) in [6, 6.07) is 1.83. The Morgan fingerprint density at radius 3 is 2.88 bits per heavy atom. The van der Waals surface area contributed by atoms with Crippen LogP contribution in [-0.4, -0.2) is 70.4 Å². The number of hydrogen-bond acceptors (Lipinski definition) is 6. The second-order valence-corrected chi connectivity index (χ2v) is 10.8. The first-order valence-electron chi connectivity index (χ1n) is 10.9. The van der Waals surface area contributed by atoms with Crippen molar-refractivity contribution in [3.8, 4) is 0 Å². The normalized spacial score (nSPS) is 26.2. The van der Waals surface area contributed by atoms with Gasteiger partial charge in [0, 0.05) is 37.7 Å². The van der Waals surface area contributed by atoms with Gasteiger partial charge in [0.2, 0.25) is 10.0 Å². The number of sulfonamides is 1. The summed E-state index contributed by atoms with van der Waals surface area (Å²) in [6.07, 6.45) is 5.03. The highest BCUT2D eigenvalue weighted by atomic mass is 32.2. The smallest absolute Gasteiger partial charge is 0.262 e. The monoisotopic (exact) mass is 469 g/mol. The molecule has 176 valence electrons. The molecule has 0 bridgehead atoms. The molecule has 0 aromatic carbocycles. The molecule has 4 rings (SSSR count). The number of fused-ring (bicyclic) bond motifs is 1. The molecule has 0 unspecified atom stereocenters. The van der Waals surface area contributed by atoms with E-state index in [0.717, 1.165) is 17.1 Å². The Balaban J connectivity index is 1.40. The Hall–Kier alpha value is -2.18. The van der Waals surface area contributed by atoms with Crippen molar-refractivity contribution >= 4 is 27.0 Å². The average Bonchev–Trinajstić information content (AvgIpc) is 3.45. The van der Waals surface area contributed by atoms with Gasteiger partial charge in [0.25, 0.3) is 5.92 Å². The van der Waals surface area contributed by atoms with Crippen LogP contribution in [0.25, 0.3) is 11.2 Å². The summed E-state index contributed by atoms with van der Waals surface area (Å²) in [5, 5.41) is 20.4. The SMILES string of the molecule is CC[C@@H]1C[C@H](NCCS(=O)(=O)N2CCC(F)(F)C2)C[C@@H]1C(=N)n1c(=N)cnc2[nH]ccc21. The summed E-state index contributed by atoms with van der Waals surface area (Å²) in [7, 11) is -3.73. The van der Waals surface area contributed by atoms with Gasteiger partial charge >= 0.3 is 0 Å². The van der Waals surface area contributed by atoms with E-state index in [9.17, 15) is 17.2 Å². The van der Waals surface area contributed by atoms with Gasteiger partial charge in [-0.3, -0.25) is 15.4 Å². The molecular formula is C20H29F2N7O2S. The van der Waals surface area contributed by atoms with Crippen LogP contribution in [0.15, 0.2) is 18.5 Å². The van der Waals surface area contributed by atoms with Gasteiger partial charge in [-0.2, -0.15) is 4.31 Å². The molecule has 1 saturated heterocycles. The molecule has 32 heavy (non-hydrogen) atoms. The number of H-pyrrole nitrogens is 1. The second kappa shape index (κ2) is 8.64. The van der Waals surface area contributed by atoms with Gasteiger partial charge in [-0.25, -0.2) is 22.2 Å². The first-order chi connectivity index (χ1) is 15.1. The van der Waals surface area contributed by atoms with E-state index in [0.29, 0.717) is 23.4 Å². The zero-order valence-corrected chi connectivity index (χ0v) is 18.8. The van der Waals surface area contributed by atoms with Crippen LogP contribution in [0, 0.1) is 22.7 Å². The fourth-order valence-electron chi connectivity index (χ4n) is 4.92. The van der Waals surface area contributed by atoms with Crippen LogP contribution >= 0.6 is 0 Å². The zero-order valence-electron chi connectivity index (χ0n) is 17.9. The second-order valence-electron chi connectivity index (χ2n) is 8.73. The molecule has 1 aliphatic carbocycles. The Bertz CT molecular complexity index is 1160. The van der Waals surface area contributed by atoms with Gasteiger partial charge in [0.1, 0.15) is 11.3 Å². The van der Waals surface area contributed by atoms with Crippen LogP contribution in [0.3, 0.4) is 0 Å². The average molecular weight is 470 g/mol. The van der Waals surface area contributed by atoms with Crippen molar-refractivity contribution in [1.82, 2.24) is 24.2 Å². The molecule has 2 aromatic heterocycles. The van der Waals surface area contributed by atoms with E-state index in [1.165, 1.54) is 6.20 Å². The summed E-state index contributed by atoms with van der Waals surface area (Å²) in [6.45, 7) is 1.38. The molecule has 4 N–H and O–H groups in total. The third kappa shape index (κ3) is 4.48. The van der Waals surface area contributed by atoms with E-state index in [-0.39, 0.29) is 42.2 Å². The van der Waals surface area contributed by atoms with Gasteiger partial charge in [0.05, 0.1) is 24.0 Å². The van der Waals surface area contributed by atoms with Crippen molar-refractivity contribution < 1.29 is 17.2 Å². The van der Waals surface area contributed by atoms with Crippen molar-refractivity contribution in [3.05, 3.63) is 23.9 Å². The maximum Gasteiger partial charge on any atom is 0.262 e. The molecule has 0 radical (unpaired) electrons. The molecule has 2 fully saturated rings. The summed E-state index contributed by atoms with van der Waals surface area (Å²) in [4.78, 5) is 7.19. The van der Waals surface area contributed by atoms with Crippen LogP contribution in [-0.2, 0) is 10.0 Å². The quantitative estimate of drug-likeness (QED) is 0.363. The Morgan fingerprint density at radius 1 is 1.41 bits per heavy atom. The Morgan fingerprint density at radius 2 is 2.19 bits per heavy atom. The lowest BCUT2D eigenvalue weighted by atomic mass is 9.92. The zero-order chi connectivity index (χ0) is 23.1. The van der Waals surface area contributed by atoms with E-state index >= 15 is 0 Å². The molecule has 9 nitrogen and oxygen atoms in total. The van der Waals surface area contributed by atoms with Gasteiger partial charge in [-0.1, -0.05) is 13.3 Å². The lowest BCUT2D eigenvalue weighted by Gasteiger charge is -2.21. The first kappa shape index (κ1) is 23.0. The van der Waals surface area contributed by atoms with Crippen molar-refractivity contribution in [1.29, 1.82) is 10.8 Å². The Kier molecular flexibility index (Phi) is 6.21. The largest absolute Gasteiger partial charge is 0.345 e. The predicted molar refractivity (Wildman–Crippen MR) is 116 cm³/mol. The topological polar surface area (TPSA) is 131 Å². The summed E-state index contributed by atoms with van der Waals surface area (Å²) < 4.78 is 54.0. The Labute approximate surface area is 185 Å². The third-order valence-electron chi connectivity index (χ3n) is 6.63. The van der Waals surface area contributed by atoms with Gasteiger partial charge in [-0.15, -0.1) is 0 Å². The molecule has 2 aromatic rings. The van der Waals surface area contributed by atoms with Gasteiger partial charge in [0.15, 0.2) is 5.65 Å². The van der Waals surface area contributed by atoms with Crippen LogP contribution in [0.2, 0.25) is 0 Å². The van der Waals surface area contributed by atoms with Crippen molar-refractivity contribution in [2.45, 2.75) is 44.6 Å². The van der Waals surface area contributed by atoms with E-state index in [2.05, 4.69) is 22.2 Å². The number of aromatic amines is 1. The fraction of sp³-hybridized carbons (Fsp3) is 0.650. The first-order valence-corrected chi connectivity index (χ1v) is 12.5. The summed E-state index contributed by atoms with van der Waals surface area (Å²) in [5.41, 5.74) is 1.44. The maximum atomic E-state index is 13.4. The van der Waals surface area contributed by atoms with Crippen molar-refractivity contribution in [3.63, 3.8) is 0 Å². The predicted octanol–water partition coefficient (Wildman–Crippen LogP) is 1.73. The number of alkyl halides is 2. The molecule has 12 heteroatoms. The minimum atomic E-state index is -3.73. The van der Waals surface area contributed by atoms with Crippen molar-refractivity contribution in [2.75, 3.05) is 25.4 Å². The van der Waals surface area contributed by atoms with Crippen molar-refractivity contribution in [2.24, 2.45) is 11.8 Å². The molecule has 1 saturated carbocycles. The third-order valence-corrected chi connectivity index (χ3v) is 8.45. The number of nitrogens with zero attached hydrogens (tertiary/aromatic N) is 3. The highest BCUT2D eigenvalue weighted by Gasteiger charge is 2.43. The number of rotatable bonds is 7. The minimum Gasteiger partial charge on any atom is -0.345 e.